The molecule has 1 aliphatic carbocycles. The molecule has 1 N–H and O–H groups in total. The molecule has 0 amide bonds. The summed E-state index contributed by atoms with van der Waals surface area (Å²) in [5, 5.41) is 7.64. The van der Waals surface area contributed by atoms with Crippen LogP contribution in [0.4, 0.5) is 0 Å². The van der Waals surface area contributed by atoms with E-state index < -0.39 is 0 Å². The van der Waals surface area contributed by atoms with E-state index in [1.807, 2.05) is 6.07 Å². The lowest BCUT2D eigenvalue weighted by Gasteiger charge is -2.31. The number of nitrogens with one attached hydrogen (secondary N) is 1. The third-order valence-corrected chi connectivity index (χ3v) is 5.21. The van der Waals surface area contributed by atoms with Crippen molar-refractivity contribution < 1.29 is 9.47 Å². The van der Waals surface area contributed by atoms with E-state index in [-0.39, 0.29) is 0 Å². The highest BCUT2D eigenvalue weighted by atomic mass is 16.5. The van der Waals surface area contributed by atoms with Crippen molar-refractivity contribution in [1.82, 2.24) is 20.1 Å². The molecular formula is C19H26N4O2. The molecule has 2 heterocycles. The molecule has 25 heavy (non-hydrogen) atoms. The highest BCUT2D eigenvalue weighted by Crippen LogP contribution is 2.38. The Bertz CT molecular complexity index is 726. The van der Waals surface area contributed by atoms with Gasteiger partial charge < -0.3 is 9.47 Å². The van der Waals surface area contributed by atoms with Gasteiger partial charge in [-0.1, -0.05) is 6.07 Å². The van der Waals surface area contributed by atoms with Gasteiger partial charge in [-0.3, -0.25) is 10.00 Å². The van der Waals surface area contributed by atoms with Crippen LogP contribution in [0.25, 0.3) is 0 Å². The first-order valence-corrected chi connectivity index (χ1v) is 9.12. The lowest BCUT2D eigenvalue weighted by atomic mass is 9.97. The van der Waals surface area contributed by atoms with E-state index in [2.05, 4.69) is 27.2 Å². The van der Waals surface area contributed by atoms with Crippen molar-refractivity contribution in [3.05, 3.63) is 35.4 Å². The minimum Gasteiger partial charge on any atom is -0.493 e. The maximum Gasteiger partial charge on any atom is 0.161 e. The maximum atomic E-state index is 5.42. The largest absolute Gasteiger partial charge is 0.493 e. The number of aromatic nitrogens is 3. The maximum absolute atomic E-state index is 5.42. The molecule has 6 nitrogen and oxygen atoms in total. The average Bonchev–Trinajstić information content (AvgIpc) is 3.38. The molecule has 2 aromatic rings. The van der Waals surface area contributed by atoms with Crippen LogP contribution < -0.4 is 9.47 Å². The number of likely N-dealkylation sites (tertiary alicyclic amines) is 1. The highest BCUT2D eigenvalue weighted by Gasteiger charge is 2.30. The molecule has 1 saturated heterocycles. The standard InChI is InChI=1S/C19H26N4O2/c1-24-16-8-5-13(10-17(16)25-2)11-23-9-3-4-15(12-23)19-20-18(21-22-19)14-6-7-14/h5,8,10,14-15H,3-4,6-7,9,11-12H2,1-2H3,(H,20,21,22)/t15-/m0/s1. The first-order chi connectivity index (χ1) is 12.3. The normalized spacial score (nSPS) is 21.3. The zero-order chi connectivity index (χ0) is 17.2. The van der Waals surface area contributed by atoms with Gasteiger partial charge in [-0.2, -0.15) is 5.10 Å². The van der Waals surface area contributed by atoms with Crippen molar-refractivity contribution in [3.8, 4) is 11.5 Å². The monoisotopic (exact) mass is 342 g/mol. The van der Waals surface area contributed by atoms with Crippen molar-refractivity contribution in [2.75, 3.05) is 27.3 Å². The Hall–Kier alpha value is -2.08. The van der Waals surface area contributed by atoms with Gasteiger partial charge in [0.15, 0.2) is 17.3 Å². The lowest BCUT2D eigenvalue weighted by Crippen LogP contribution is -2.34. The molecular weight excluding hydrogens is 316 g/mol. The Morgan fingerprint density at radius 2 is 1.96 bits per heavy atom. The van der Waals surface area contributed by atoms with Crippen LogP contribution in [0.2, 0.25) is 0 Å². The fourth-order valence-electron chi connectivity index (χ4n) is 3.66. The van der Waals surface area contributed by atoms with Gasteiger partial charge in [0.05, 0.1) is 14.2 Å². The summed E-state index contributed by atoms with van der Waals surface area (Å²) in [6.45, 7) is 3.04. The van der Waals surface area contributed by atoms with Gasteiger partial charge in [-0.25, -0.2) is 4.98 Å². The van der Waals surface area contributed by atoms with Gasteiger partial charge in [0, 0.05) is 24.9 Å². The van der Waals surface area contributed by atoms with Crippen molar-refractivity contribution >= 4 is 0 Å². The second-order valence-corrected chi connectivity index (χ2v) is 7.12. The van der Waals surface area contributed by atoms with E-state index in [1.54, 1.807) is 14.2 Å². The van der Waals surface area contributed by atoms with Crippen LogP contribution in [0.3, 0.4) is 0 Å². The zero-order valence-electron chi connectivity index (χ0n) is 15.0. The molecule has 0 radical (unpaired) electrons. The number of hydrogen-bond acceptors (Lipinski definition) is 5. The third kappa shape index (κ3) is 3.63. The van der Waals surface area contributed by atoms with Crippen LogP contribution in [0.5, 0.6) is 11.5 Å². The van der Waals surface area contributed by atoms with Crippen LogP contribution in [0, 0.1) is 0 Å². The number of H-pyrrole nitrogens is 1. The molecule has 0 unspecified atom stereocenters. The number of aromatic amines is 1. The quantitative estimate of drug-likeness (QED) is 0.874. The Labute approximate surface area is 148 Å². The van der Waals surface area contributed by atoms with E-state index in [0.717, 1.165) is 42.8 Å². The second-order valence-electron chi connectivity index (χ2n) is 7.12. The molecule has 1 aliphatic heterocycles. The molecule has 1 aromatic carbocycles. The number of nitrogens with zero attached hydrogens (tertiary/aromatic N) is 3. The van der Waals surface area contributed by atoms with Crippen molar-refractivity contribution in [2.24, 2.45) is 0 Å². The van der Waals surface area contributed by atoms with Crippen LogP contribution in [-0.4, -0.2) is 47.4 Å². The first-order valence-electron chi connectivity index (χ1n) is 9.12. The Kier molecular flexibility index (Phi) is 4.61. The Balaban J connectivity index is 1.42. The van der Waals surface area contributed by atoms with E-state index in [9.17, 15) is 0 Å². The number of benzene rings is 1. The van der Waals surface area contributed by atoms with Gasteiger partial charge in [-0.05, 0) is 49.9 Å². The minimum atomic E-state index is 0.428. The third-order valence-electron chi connectivity index (χ3n) is 5.21. The number of methoxy groups -OCH3 is 2. The minimum absolute atomic E-state index is 0.428. The average molecular weight is 342 g/mol. The molecule has 1 saturated carbocycles. The summed E-state index contributed by atoms with van der Waals surface area (Å²) < 4.78 is 10.7. The van der Waals surface area contributed by atoms with Gasteiger partial charge in [0.25, 0.3) is 0 Å². The molecule has 0 bridgehead atoms. The second kappa shape index (κ2) is 7.04. The van der Waals surface area contributed by atoms with Crippen molar-refractivity contribution in [1.29, 1.82) is 0 Å². The number of hydrogen-bond donors (Lipinski definition) is 1. The summed E-state index contributed by atoms with van der Waals surface area (Å²) in [6, 6.07) is 6.16. The van der Waals surface area contributed by atoms with Crippen molar-refractivity contribution in [2.45, 2.75) is 44.1 Å². The van der Waals surface area contributed by atoms with Crippen LogP contribution >= 0.6 is 0 Å². The summed E-state index contributed by atoms with van der Waals surface area (Å²) in [5.74, 6) is 4.71. The Morgan fingerprint density at radius 3 is 2.72 bits per heavy atom. The van der Waals surface area contributed by atoms with Gasteiger partial charge in [0.2, 0.25) is 0 Å². The van der Waals surface area contributed by atoms with E-state index >= 15 is 0 Å². The van der Waals surface area contributed by atoms with Gasteiger partial charge >= 0.3 is 0 Å². The molecule has 134 valence electrons. The Morgan fingerprint density at radius 1 is 1.12 bits per heavy atom. The fourth-order valence-corrected chi connectivity index (χ4v) is 3.66. The van der Waals surface area contributed by atoms with Gasteiger partial charge in [0.1, 0.15) is 5.82 Å². The summed E-state index contributed by atoms with van der Waals surface area (Å²) in [6.07, 6.45) is 4.87. The fraction of sp³-hybridized carbons (Fsp3) is 0.579. The molecule has 2 fully saturated rings. The number of rotatable bonds is 6. The predicted octanol–water partition coefficient (Wildman–Crippen LogP) is 3.08. The summed E-state index contributed by atoms with van der Waals surface area (Å²) in [7, 11) is 3.35. The first kappa shape index (κ1) is 16.4. The lowest BCUT2D eigenvalue weighted by molar-refractivity contribution is 0.196. The van der Waals surface area contributed by atoms with Gasteiger partial charge in [-0.15, -0.1) is 0 Å². The molecule has 6 heteroatoms. The van der Waals surface area contributed by atoms with Crippen molar-refractivity contribution in [3.63, 3.8) is 0 Å². The van der Waals surface area contributed by atoms with E-state index in [4.69, 9.17) is 14.5 Å². The van der Waals surface area contributed by atoms with Crippen LogP contribution in [0.15, 0.2) is 18.2 Å². The molecule has 1 atom stereocenters. The predicted molar refractivity (Wildman–Crippen MR) is 95.2 cm³/mol. The summed E-state index contributed by atoms with van der Waals surface area (Å²) in [4.78, 5) is 7.25. The summed E-state index contributed by atoms with van der Waals surface area (Å²) in [5.41, 5.74) is 1.24. The smallest absolute Gasteiger partial charge is 0.161 e. The number of ether oxygens (including phenoxy) is 2. The van der Waals surface area contributed by atoms with Crippen LogP contribution in [0.1, 0.15) is 54.7 Å². The van der Waals surface area contributed by atoms with Crippen LogP contribution in [-0.2, 0) is 6.54 Å². The SMILES string of the molecule is COc1ccc(CN2CCC[C@H](c3n[nH]c(C4CC4)n3)C2)cc1OC. The zero-order valence-corrected chi connectivity index (χ0v) is 15.0. The number of piperidine rings is 1. The van der Waals surface area contributed by atoms with E-state index in [0.29, 0.717) is 11.8 Å². The molecule has 2 aliphatic rings. The molecule has 4 rings (SSSR count). The highest BCUT2D eigenvalue weighted by molar-refractivity contribution is 5.42. The summed E-state index contributed by atoms with van der Waals surface area (Å²) >= 11 is 0. The molecule has 1 aromatic heterocycles. The molecule has 0 spiro atoms. The van der Waals surface area contributed by atoms with E-state index in [1.165, 1.54) is 31.2 Å². The topological polar surface area (TPSA) is 63.3 Å².